The number of β-lactam (4-membered cyclic amide) rings is 1. The molecule has 0 bridgehead atoms. The minimum atomic E-state index is -0.161. The number of carbonyl (C=O) groups excluding carboxylic acids is 1. The molecule has 1 amide bonds. The fourth-order valence-electron chi connectivity index (χ4n) is 2.34. The smallest absolute Gasteiger partial charge is 0.228 e. The first kappa shape index (κ1) is 9.97. The van der Waals surface area contributed by atoms with Crippen molar-refractivity contribution in [3.63, 3.8) is 0 Å². The molecule has 4 heteroatoms. The summed E-state index contributed by atoms with van der Waals surface area (Å²) in [4.78, 5) is 12.4. The van der Waals surface area contributed by atoms with E-state index in [9.17, 15) is 4.79 Å². The van der Waals surface area contributed by atoms with Crippen LogP contribution < -0.4 is 5.32 Å². The summed E-state index contributed by atoms with van der Waals surface area (Å²) < 4.78 is 0. The minimum Gasteiger partial charge on any atom is -0.349 e. The van der Waals surface area contributed by atoms with Gasteiger partial charge in [0.15, 0.2) is 0 Å². The van der Waals surface area contributed by atoms with Crippen molar-refractivity contribution in [2.45, 2.75) is 41.9 Å². The highest BCUT2D eigenvalue weighted by atomic mass is 79.9. The number of amides is 1. The van der Waals surface area contributed by atoms with Gasteiger partial charge in [-0.15, -0.1) is 0 Å². The second-order valence-electron chi connectivity index (χ2n) is 4.56. The zero-order chi connectivity index (χ0) is 9.85. The van der Waals surface area contributed by atoms with E-state index in [2.05, 4.69) is 51.0 Å². The molecule has 0 aromatic heterocycles. The summed E-state index contributed by atoms with van der Waals surface area (Å²) in [6, 6.07) is 0. The molecular formula is C9H13Br2NO. The first-order valence-electron chi connectivity index (χ1n) is 4.50. The van der Waals surface area contributed by atoms with Crippen LogP contribution in [0.4, 0.5) is 0 Å². The Hall–Kier alpha value is 0.430. The topological polar surface area (TPSA) is 29.1 Å². The maximum atomic E-state index is 11.5. The highest BCUT2D eigenvalue weighted by molar-refractivity contribution is 9.12. The second-order valence-corrected chi connectivity index (χ2v) is 6.91. The molecule has 0 unspecified atom stereocenters. The number of fused-ring (bicyclic) bond motifs is 1. The van der Waals surface area contributed by atoms with Gasteiger partial charge in [0.25, 0.3) is 0 Å². The Morgan fingerprint density at radius 2 is 1.85 bits per heavy atom. The van der Waals surface area contributed by atoms with Gasteiger partial charge in [0.1, 0.15) is 0 Å². The maximum absolute atomic E-state index is 11.5. The van der Waals surface area contributed by atoms with Gasteiger partial charge in [-0.2, -0.15) is 0 Å². The van der Waals surface area contributed by atoms with Crippen LogP contribution in [0.3, 0.4) is 0 Å². The lowest BCUT2D eigenvalue weighted by atomic mass is 9.56. The van der Waals surface area contributed by atoms with Gasteiger partial charge in [0.2, 0.25) is 5.91 Å². The number of hydrogen-bond donors (Lipinski definition) is 1. The Kier molecular flexibility index (Phi) is 2.09. The predicted octanol–water partition coefficient (Wildman–Crippen LogP) is 2.20. The van der Waals surface area contributed by atoms with Crippen LogP contribution in [0.25, 0.3) is 0 Å². The summed E-state index contributed by atoms with van der Waals surface area (Å²) in [5, 5.41) is 3.02. The van der Waals surface area contributed by atoms with E-state index < -0.39 is 0 Å². The summed E-state index contributed by atoms with van der Waals surface area (Å²) >= 11 is 7.25. The van der Waals surface area contributed by atoms with E-state index in [1.807, 2.05) is 0 Å². The molecule has 2 nitrogen and oxygen atoms in total. The van der Waals surface area contributed by atoms with Crippen molar-refractivity contribution < 1.29 is 4.79 Å². The third-order valence-corrected chi connectivity index (χ3v) is 6.34. The molecule has 0 aromatic rings. The lowest BCUT2D eigenvalue weighted by Crippen LogP contribution is -2.77. The standard InChI is InChI=1S/C9H13Br2NO/c1-8-3-5(10)6(11)4-9(8,2)12-7(8)13/h5-6H,3-4H2,1-2H3,(H,12,13)/t5-,6+,8-,9+/m1/s1. The fraction of sp³-hybridized carbons (Fsp3) is 0.889. The van der Waals surface area contributed by atoms with E-state index in [1.54, 1.807) is 0 Å². The number of nitrogens with one attached hydrogen (secondary N) is 1. The van der Waals surface area contributed by atoms with E-state index >= 15 is 0 Å². The maximum Gasteiger partial charge on any atom is 0.228 e. The van der Waals surface area contributed by atoms with Gasteiger partial charge in [-0.05, 0) is 26.7 Å². The molecule has 2 rings (SSSR count). The third kappa shape index (κ3) is 1.14. The molecule has 1 saturated heterocycles. The van der Waals surface area contributed by atoms with E-state index in [1.165, 1.54) is 0 Å². The monoisotopic (exact) mass is 309 g/mol. The van der Waals surface area contributed by atoms with E-state index in [4.69, 9.17) is 0 Å². The molecule has 1 heterocycles. The zero-order valence-electron chi connectivity index (χ0n) is 7.73. The average molecular weight is 311 g/mol. The zero-order valence-corrected chi connectivity index (χ0v) is 10.9. The van der Waals surface area contributed by atoms with Crippen molar-refractivity contribution in [2.24, 2.45) is 5.41 Å². The lowest BCUT2D eigenvalue weighted by molar-refractivity contribution is -0.157. The van der Waals surface area contributed by atoms with E-state index in [-0.39, 0.29) is 16.9 Å². The Bertz CT molecular complexity index is 270. The van der Waals surface area contributed by atoms with Gasteiger partial charge in [0.05, 0.1) is 11.0 Å². The highest BCUT2D eigenvalue weighted by Gasteiger charge is 2.63. The molecule has 0 aromatic carbocycles. The van der Waals surface area contributed by atoms with E-state index in [0.29, 0.717) is 9.65 Å². The molecule has 13 heavy (non-hydrogen) atoms. The Balaban J connectivity index is 2.27. The Morgan fingerprint density at radius 3 is 2.38 bits per heavy atom. The molecule has 1 N–H and O–H groups in total. The number of hydrogen-bond acceptors (Lipinski definition) is 1. The van der Waals surface area contributed by atoms with Gasteiger partial charge in [0, 0.05) is 9.65 Å². The van der Waals surface area contributed by atoms with Crippen molar-refractivity contribution in [3.05, 3.63) is 0 Å². The summed E-state index contributed by atoms with van der Waals surface area (Å²) in [7, 11) is 0. The molecule has 74 valence electrons. The second kappa shape index (κ2) is 2.72. The number of carbonyl (C=O) groups is 1. The van der Waals surface area contributed by atoms with Crippen LogP contribution in [-0.2, 0) is 4.79 Å². The first-order chi connectivity index (χ1) is 5.89. The molecule has 0 spiro atoms. The quantitative estimate of drug-likeness (QED) is 0.539. The van der Waals surface area contributed by atoms with Crippen molar-refractivity contribution >= 4 is 37.8 Å². The van der Waals surface area contributed by atoms with Crippen LogP contribution in [0.1, 0.15) is 26.7 Å². The molecular weight excluding hydrogens is 298 g/mol. The highest BCUT2D eigenvalue weighted by Crippen LogP contribution is 2.53. The van der Waals surface area contributed by atoms with Crippen LogP contribution in [0.2, 0.25) is 0 Å². The van der Waals surface area contributed by atoms with E-state index in [0.717, 1.165) is 12.8 Å². The number of alkyl halides is 2. The SMILES string of the molecule is C[C@]12C[C@H](Br)[C@H](Br)C[C@]1(C)C(=O)N2. The minimum absolute atomic E-state index is 0.00250. The van der Waals surface area contributed by atoms with Crippen LogP contribution in [0.15, 0.2) is 0 Å². The van der Waals surface area contributed by atoms with Crippen molar-refractivity contribution in [3.8, 4) is 0 Å². The normalized spacial score (nSPS) is 54.9. The lowest BCUT2D eigenvalue weighted by Gasteiger charge is -2.60. The Labute approximate surface area is 95.1 Å². The number of rotatable bonds is 0. The molecule has 1 aliphatic carbocycles. The van der Waals surface area contributed by atoms with Gasteiger partial charge < -0.3 is 5.32 Å². The Morgan fingerprint density at radius 1 is 1.31 bits per heavy atom. The molecule has 1 aliphatic heterocycles. The van der Waals surface area contributed by atoms with Gasteiger partial charge in [-0.25, -0.2) is 0 Å². The third-order valence-electron chi connectivity index (χ3n) is 3.71. The molecule has 4 atom stereocenters. The summed E-state index contributed by atoms with van der Waals surface area (Å²) in [5.41, 5.74) is -0.159. The van der Waals surface area contributed by atoms with Crippen LogP contribution in [-0.4, -0.2) is 21.1 Å². The largest absolute Gasteiger partial charge is 0.349 e. The summed E-state index contributed by atoms with van der Waals surface area (Å²) in [5.74, 6) is 0.207. The molecule has 2 fully saturated rings. The van der Waals surface area contributed by atoms with Crippen molar-refractivity contribution in [2.75, 3.05) is 0 Å². The van der Waals surface area contributed by atoms with Crippen LogP contribution in [0.5, 0.6) is 0 Å². The summed E-state index contributed by atoms with van der Waals surface area (Å²) in [6.07, 6.45) is 1.93. The van der Waals surface area contributed by atoms with Crippen LogP contribution >= 0.6 is 31.9 Å². The molecule has 2 aliphatic rings. The van der Waals surface area contributed by atoms with Gasteiger partial charge in [-0.1, -0.05) is 31.9 Å². The van der Waals surface area contributed by atoms with Crippen molar-refractivity contribution in [1.82, 2.24) is 5.32 Å². The van der Waals surface area contributed by atoms with Gasteiger partial charge >= 0.3 is 0 Å². The molecule has 0 radical (unpaired) electrons. The number of halogens is 2. The first-order valence-corrected chi connectivity index (χ1v) is 6.33. The van der Waals surface area contributed by atoms with Crippen molar-refractivity contribution in [1.29, 1.82) is 0 Å². The average Bonchev–Trinajstić information content (AvgIpc) is 2.01. The molecule has 1 saturated carbocycles. The summed E-state index contributed by atoms with van der Waals surface area (Å²) in [6.45, 7) is 4.21. The van der Waals surface area contributed by atoms with Crippen LogP contribution in [0, 0.1) is 5.41 Å². The predicted molar refractivity (Wildman–Crippen MR) is 59.3 cm³/mol. The van der Waals surface area contributed by atoms with Gasteiger partial charge in [-0.3, -0.25) is 4.79 Å². The fourth-order valence-corrected chi connectivity index (χ4v) is 4.01.